The predicted molar refractivity (Wildman–Crippen MR) is 68.2 cm³/mol. The average Bonchev–Trinajstić information content (AvgIpc) is 2.36. The van der Waals surface area contributed by atoms with Gasteiger partial charge in [0.2, 0.25) is 5.91 Å². The van der Waals surface area contributed by atoms with Crippen LogP contribution in [0.2, 0.25) is 0 Å². The molecule has 0 aliphatic rings. The molecule has 0 atom stereocenters. The van der Waals surface area contributed by atoms with Crippen molar-refractivity contribution in [3.63, 3.8) is 0 Å². The van der Waals surface area contributed by atoms with Crippen LogP contribution in [0.1, 0.15) is 24.5 Å². The van der Waals surface area contributed by atoms with Crippen molar-refractivity contribution >= 4 is 5.91 Å². The Bertz CT molecular complexity index is 542. The van der Waals surface area contributed by atoms with E-state index in [4.69, 9.17) is 0 Å². The van der Waals surface area contributed by atoms with Crippen molar-refractivity contribution < 1.29 is 22.7 Å². The molecule has 1 aromatic rings. The van der Waals surface area contributed by atoms with Crippen LogP contribution in [0.3, 0.4) is 0 Å². The number of amides is 1. The third-order valence-electron chi connectivity index (χ3n) is 2.36. The summed E-state index contributed by atoms with van der Waals surface area (Å²) >= 11 is 0. The predicted octanol–water partition coefficient (Wildman–Crippen LogP) is 2.59. The number of carbonyl (C=O) groups is 1. The number of hydrogen-bond donors (Lipinski definition) is 1. The molecule has 20 heavy (non-hydrogen) atoms. The van der Waals surface area contributed by atoms with Crippen molar-refractivity contribution in [3.05, 3.63) is 29.3 Å². The largest absolute Gasteiger partial charge is 0.496 e. The number of methoxy groups -OCH3 is 1. The number of halogens is 3. The molecular formula is C14H14F3NO2. The van der Waals surface area contributed by atoms with Gasteiger partial charge >= 0.3 is 6.18 Å². The second kappa shape index (κ2) is 6.85. The second-order valence-electron chi connectivity index (χ2n) is 3.95. The van der Waals surface area contributed by atoms with Gasteiger partial charge in [0.15, 0.2) is 0 Å². The first kappa shape index (κ1) is 15.9. The van der Waals surface area contributed by atoms with E-state index < -0.39 is 11.7 Å². The summed E-state index contributed by atoms with van der Waals surface area (Å²) in [6, 6.07) is 3.64. The molecule has 0 aromatic heterocycles. The normalized spacial score (nSPS) is 10.4. The standard InChI is InChI=1S/C14H14F3NO2/c1-10(19)18-8-4-3-5-11-6-7-13(20-2)12(9-11)14(15,16)17/h6-7,9H,4,8H2,1-2H3,(H,18,19). The lowest BCUT2D eigenvalue weighted by Crippen LogP contribution is -2.20. The van der Waals surface area contributed by atoms with Gasteiger partial charge in [-0.15, -0.1) is 0 Å². The minimum Gasteiger partial charge on any atom is -0.496 e. The first-order valence-electron chi connectivity index (χ1n) is 5.83. The van der Waals surface area contributed by atoms with Crippen LogP contribution in [0.15, 0.2) is 18.2 Å². The molecule has 3 nitrogen and oxygen atoms in total. The summed E-state index contributed by atoms with van der Waals surface area (Å²) in [7, 11) is 1.18. The quantitative estimate of drug-likeness (QED) is 0.685. The first-order chi connectivity index (χ1) is 9.34. The highest BCUT2D eigenvalue weighted by Gasteiger charge is 2.34. The van der Waals surface area contributed by atoms with Gasteiger partial charge in [0.1, 0.15) is 5.75 Å². The number of alkyl halides is 3. The fourth-order valence-corrected chi connectivity index (χ4v) is 1.47. The molecule has 1 N–H and O–H groups in total. The van der Waals surface area contributed by atoms with E-state index in [0.29, 0.717) is 13.0 Å². The first-order valence-corrected chi connectivity index (χ1v) is 5.83. The Labute approximate surface area is 115 Å². The Morgan fingerprint density at radius 1 is 1.40 bits per heavy atom. The lowest BCUT2D eigenvalue weighted by molar-refractivity contribution is -0.138. The van der Waals surface area contributed by atoms with E-state index in [-0.39, 0.29) is 17.2 Å². The second-order valence-corrected chi connectivity index (χ2v) is 3.95. The highest BCUT2D eigenvalue weighted by Crippen LogP contribution is 2.36. The molecule has 0 radical (unpaired) electrons. The molecule has 0 saturated heterocycles. The Hall–Kier alpha value is -2.16. The van der Waals surface area contributed by atoms with Crippen LogP contribution in [0.25, 0.3) is 0 Å². The average molecular weight is 285 g/mol. The maximum atomic E-state index is 12.8. The zero-order valence-corrected chi connectivity index (χ0v) is 11.1. The van der Waals surface area contributed by atoms with Gasteiger partial charge in [-0.3, -0.25) is 4.79 Å². The lowest BCUT2D eigenvalue weighted by Gasteiger charge is -2.11. The molecule has 0 aliphatic carbocycles. The summed E-state index contributed by atoms with van der Waals surface area (Å²) in [5.74, 6) is 4.92. The van der Waals surface area contributed by atoms with Crippen LogP contribution in [-0.4, -0.2) is 19.6 Å². The number of carbonyl (C=O) groups excluding carboxylic acids is 1. The Balaban J connectivity index is 2.83. The third-order valence-corrected chi connectivity index (χ3v) is 2.36. The van der Waals surface area contributed by atoms with Crippen molar-refractivity contribution in [2.24, 2.45) is 0 Å². The van der Waals surface area contributed by atoms with Crippen LogP contribution in [0, 0.1) is 11.8 Å². The number of rotatable bonds is 3. The van der Waals surface area contributed by atoms with Crippen LogP contribution >= 0.6 is 0 Å². The fourth-order valence-electron chi connectivity index (χ4n) is 1.47. The SMILES string of the molecule is COc1ccc(C#CCCNC(C)=O)cc1C(F)(F)F. The zero-order chi connectivity index (χ0) is 15.2. The molecule has 0 saturated carbocycles. The molecule has 0 spiro atoms. The molecular weight excluding hydrogens is 271 g/mol. The smallest absolute Gasteiger partial charge is 0.420 e. The van der Waals surface area contributed by atoms with Crippen LogP contribution < -0.4 is 10.1 Å². The minimum atomic E-state index is -4.49. The van der Waals surface area contributed by atoms with Gasteiger partial charge in [-0.2, -0.15) is 13.2 Å². The van der Waals surface area contributed by atoms with E-state index in [1.54, 1.807) is 0 Å². The van der Waals surface area contributed by atoms with Crippen molar-refractivity contribution in [2.75, 3.05) is 13.7 Å². The van der Waals surface area contributed by atoms with Gasteiger partial charge in [0.25, 0.3) is 0 Å². The van der Waals surface area contributed by atoms with E-state index >= 15 is 0 Å². The number of hydrogen-bond acceptors (Lipinski definition) is 2. The van der Waals surface area contributed by atoms with E-state index in [1.165, 1.54) is 26.2 Å². The Morgan fingerprint density at radius 3 is 2.65 bits per heavy atom. The van der Waals surface area contributed by atoms with Gasteiger partial charge in [0.05, 0.1) is 12.7 Å². The van der Waals surface area contributed by atoms with Crippen LogP contribution in [-0.2, 0) is 11.0 Å². The Kier molecular flexibility index (Phi) is 5.44. The molecule has 0 heterocycles. The lowest BCUT2D eigenvalue weighted by atomic mass is 10.1. The molecule has 6 heteroatoms. The van der Waals surface area contributed by atoms with Crippen molar-refractivity contribution in [1.29, 1.82) is 0 Å². The Morgan fingerprint density at radius 2 is 2.10 bits per heavy atom. The van der Waals surface area contributed by atoms with E-state index in [0.717, 1.165) is 6.07 Å². The summed E-state index contributed by atoms with van der Waals surface area (Å²) in [6.45, 7) is 1.75. The molecule has 0 unspecified atom stereocenters. The molecule has 1 rings (SSSR count). The molecule has 0 aliphatic heterocycles. The molecule has 1 aromatic carbocycles. The fraction of sp³-hybridized carbons (Fsp3) is 0.357. The van der Waals surface area contributed by atoms with Crippen molar-refractivity contribution in [1.82, 2.24) is 5.32 Å². The summed E-state index contributed by atoms with van der Waals surface area (Å²) in [4.78, 5) is 10.6. The summed E-state index contributed by atoms with van der Waals surface area (Å²) < 4.78 is 43.0. The van der Waals surface area contributed by atoms with Gasteiger partial charge in [-0.1, -0.05) is 11.8 Å². The zero-order valence-electron chi connectivity index (χ0n) is 11.1. The number of benzene rings is 1. The molecule has 108 valence electrons. The maximum Gasteiger partial charge on any atom is 0.420 e. The third kappa shape index (κ3) is 4.84. The summed E-state index contributed by atoms with van der Waals surface area (Å²) in [6.07, 6.45) is -4.12. The highest BCUT2D eigenvalue weighted by molar-refractivity contribution is 5.72. The van der Waals surface area contributed by atoms with Crippen molar-refractivity contribution in [3.8, 4) is 17.6 Å². The highest BCUT2D eigenvalue weighted by atomic mass is 19.4. The van der Waals surface area contributed by atoms with Crippen LogP contribution in [0.4, 0.5) is 13.2 Å². The number of nitrogens with one attached hydrogen (secondary N) is 1. The van der Waals surface area contributed by atoms with Crippen molar-refractivity contribution in [2.45, 2.75) is 19.5 Å². The molecule has 0 bridgehead atoms. The van der Waals surface area contributed by atoms with Crippen LogP contribution in [0.5, 0.6) is 5.75 Å². The van der Waals surface area contributed by atoms with E-state index in [1.807, 2.05) is 0 Å². The summed E-state index contributed by atoms with van der Waals surface area (Å²) in [5.41, 5.74) is -0.602. The maximum absolute atomic E-state index is 12.8. The topological polar surface area (TPSA) is 38.3 Å². The monoisotopic (exact) mass is 285 g/mol. The number of ether oxygens (including phenoxy) is 1. The van der Waals surface area contributed by atoms with Gasteiger partial charge in [0, 0.05) is 25.5 Å². The van der Waals surface area contributed by atoms with E-state index in [2.05, 4.69) is 21.9 Å². The molecule has 1 amide bonds. The van der Waals surface area contributed by atoms with Gasteiger partial charge in [-0.25, -0.2) is 0 Å². The van der Waals surface area contributed by atoms with E-state index in [9.17, 15) is 18.0 Å². The van der Waals surface area contributed by atoms with Gasteiger partial charge < -0.3 is 10.1 Å². The minimum absolute atomic E-state index is 0.171. The molecule has 0 fully saturated rings. The van der Waals surface area contributed by atoms with Gasteiger partial charge in [-0.05, 0) is 18.2 Å². The summed E-state index contributed by atoms with van der Waals surface area (Å²) in [5, 5.41) is 2.54.